The minimum absolute atomic E-state index is 0.0903. The van der Waals surface area contributed by atoms with E-state index in [9.17, 15) is 5.11 Å². The minimum Gasteiger partial charge on any atom is -0.392 e. The van der Waals surface area contributed by atoms with E-state index in [1.54, 1.807) is 0 Å². The summed E-state index contributed by atoms with van der Waals surface area (Å²) in [7, 11) is 4.29. The Hall–Kier alpha value is -2.16. The number of allylic oxidation sites excluding steroid dienone is 2. The van der Waals surface area contributed by atoms with Crippen molar-refractivity contribution in [3.05, 3.63) is 82.9 Å². The molecule has 0 saturated heterocycles. The van der Waals surface area contributed by atoms with E-state index in [4.69, 9.17) is 0 Å². The van der Waals surface area contributed by atoms with Crippen LogP contribution in [0.4, 0.5) is 0 Å². The van der Waals surface area contributed by atoms with Gasteiger partial charge in [-0.2, -0.15) is 0 Å². The molecule has 0 spiro atoms. The van der Waals surface area contributed by atoms with Crippen LogP contribution in [0.3, 0.4) is 0 Å². The first-order valence-electron chi connectivity index (χ1n) is 8.98. The second-order valence-electron chi connectivity index (χ2n) is 7.09. The van der Waals surface area contributed by atoms with Gasteiger partial charge in [-0.05, 0) is 66.8 Å². The lowest BCUT2D eigenvalue weighted by atomic mass is 9.81. The van der Waals surface area contributed by atoms with Gasteiger partial charge in [0.1, 0.15) is 0 Å². The van der Waals surface area contributed by atoms with Crippen molar-refractivity contribution in [3.8, 4) is 0 Å². The Labute approximate surface area is 151 Å². The Morgan fingerprint density at radius 1 is 1.08 bits per heavy atom. The topological polar surface area (TPSA) is 23.5 Å². The molecular formula is C23H27NO. The van der Waals surface area contributed by atoms with E-state index in [2.05, 4.69) is 73.6 Å². The predicted molar refractivity (Wildman–Crippen MR) is 106 cm³/mol. The summed E-state index contributed by atoms with van der Waals surface area (Å²) in [5.41, 5.74) is 6.25. The summed E-state index contributed by atoms with van der Waals surface area (Å²) in [6.07, 6.45) is 6.90. The van der Waals surface area contributed by atoms with Gasteiger partial charge in [-0.1, -0.05) is 60.7 Å². The number of hydrogen-bond donors (Lipinski definition) is 1. The second-order valence-corrected chi connectivity index (χ2v) is 7.09. The van der Waals surface area contributed by atoms with Gasteiger partial charge in [0.2, 0.25) is 0 Å². The fraction of sp³-hybridized carbons (Fsp3) is 0.304. The van der Waals surface area contributed by atoms with E-state index in [0.717, 1.165) is 24.1 Å². The summed E-state index contributed by atoms with van der Waals surface area (Å²) in [5, 5.41) is 9.34. The van der Waals surface area contributed by atoms with E-state index in [1.807, 2.05) is 12.1 Å². The molecule has 1 N–H and O–H groups in total. The molecule has 1 aliphatic rings. The fourth-order valence-electron chi connectivity index (χ4n) is 3.58. The number of aliphatic hydroxyl groups is 1. The molecule has 2 aromatic carbocycles. The van der Waals surface area contributed by atoms with E-state index in [1.165, 1.54) is 23.1 Å². The number of benzene rings is 2. The second kappa shape index (κ2) is 8.28. The summed E-state index contributed by atoms with van der Waals surface area (Å²) >= 11 is 0. The molecule has 0 fully saturated rings. The third-order valence-corrected chi connectivity index (χ3v) is 4.74. The van der Waals surface area contributed by atoms with Crippen LogP contribution in [0.15, 0.2) is 66.2 Å². The molecule has 2 nitrogen and oxygen atoms in total. The van der Waals surface area contributed by atoms with E-state index in [-0.39, 0.29) is 6.61 Å². The SMILES string of the molecule is CN(C)CC1CC/C(=C\c2cccc(CO)c2)C=C1c1ccccc1. The first-order valence-corrected chi connectivity index (χ1v) is 8.98. The lowest BCUT2D eigenvalue weighted by Gasteiger charge is -2.28. The van der Waals surface area contributed by atoms with E-state index >= 15 is 0 Å². The minimum atomic E-state index is 0.0903. The third kappa shape index (κ3) is 4.68. The van der Waals surface area contributed by atoms with E-state index in [0.29, 0.717) is 5.92 Å². The smallest absolute Gasteiger partial charge is 0.0682 e. The maximum absolute atomic E-state index is 9.34. The normalized spacial score (nSPS) is 19.3. The van der Waals surface area contributed by atoms with Crippen molar-refractivity contribution in [2.24, 2.45) is 5.92 Å². The van der Waals surface area contributed by atoms with Crippen molar-refractivity contribution in [2.45, 2.75) is 19.4 Å². The van der Waals surface area contributed by atoms with Crippen LogP contribution in [0.25, 0.3) is 11.6 Å². The van der Waals surface area contributed by atoms with Crippen molar-refractivity contribution in [3.63, 3.8) is 0 Å². The molecule has 1 atom stereocenters. The van der Waals surface area contributed by atoms with Crippen molar-refractivity contribution in [2.75, 3.05) is 20.6 Å². The number of nitrogens with zero attached hydrogens (tertiary/aromatic N) is 1. The zero-order valence-electron chi connectivity index (χ0n) is 15.2. The Morgan fingerprint density at radius 2 is 1.88 bits per heavy atom. The maximum atomic E-state index is 9.34. The summed E-state index contributed by atoms with van der Waals surface area (Å²) in [4.78, 5) is 2.28. The molecule has 25 heavy (non-hydrogen) atoms. The number of rotatable bonds is 5. The first kappa shape index (κ1) is 17.7. The van der Waals surface area contributed by atoms with E-state index < -0.39 is 0 Å². The van der Waals surface area contributed by atoms with Crippen LogP contribution in [0, 0.1) is 5.92 Å². The van der Waals surface area contributed by atoms with Gasteiger partial charge >= 0.3 is 0 Å². The summed E-state index contributed by atoms with van der Waals surface area (Å²) in [6, 6.07) is 18.9. The molecule has 2 heteroatoms. The molecule has 3 rings (SSSR count). The highest BCUT2D eigenvalue weighted by Gasteiger charge is 2.21. The number of aliphatic hydroxyl groups excluding tert-OH is 1. The Bertz CT molecular complexity index is 759. The molecule has 0 amide bonds. The lowest BCUT2D eigenvalue weighted by Crippen LogP contribution is -2.24. The van der Waals surface area contributed by atoms with Gasteiger partial charge < -0.3 is 10.0 Å². The van der Waals surface area contributed by atoms with Gasteiger partial charge in [-0.15, -0.1) is 0 Å². The summed E-state index contributed by atoms with van der Waals surface area (Å²) < 4.78 is 0. The van der Waals surface area contributed by atoms with Crippen LogP contribution in [0.1, 0.15) is 29.5 Å². The van der Waals surface area contributed by atoms with Crippen molar-refractivity contribution >= 4 is 11.6 Å². The summed E-state index contributed by atoms with van der Waals surface area (Å²) in [5.74, 6) is 0.568. The quantitative estimate of drug-likeness (QED) is 0.863. The Morgan fingerprint density at radius 3 is 2.60 bits per heavy atom. The van der Waals surface area contributed by atoms with Crippen LogP contribution in [0.5, 0.6) is 0 Å². The zero-order chi connectivity index (χ0) is 17.6. The molecule has 1 aliphatic carbocycles. The molecule has 0 bridgehead atoms. The van der Waals surface area contributed by atoms with Gasteiger partial charge in [0.05, 0.1) is 6.61 Å². The van der Waals surface area contributed by atoms with Crippen LogP contribution in [-0.4, -0.2) is 30.6 Å². The highest BCUT2D eigenvalue weighted by Crippen LogP contribution is 2.35. The van der Waals surface area contributed by atoms with Gasteiger partial charge in [0.25, 0.3) is 0 Å². The molecule has 0 heterocycles. The molecule has 1 unspecified atom stereocenters. The van der Waals surface area contributed by atoms with Crippen LogP contribution < -0.4 is 0 Å². The zero-order valence-corrected chi connectivity index (χ0v) is 15.2. The molecule has 130 valence electrons. The third-order valence-electron chi connectivity index (χ3n) is 4.74. The molecule has 0 saturated carbocycles. The molecule has 0 aliphatic heterocycles. The van der Waals surface area contributed by atoms with Crippen LogP contribution in [0.2, 0.25) is 0 Å². The van der Waals surface area contributed by atoms with Crippen molar-refractivity contribution in [1.29, 1.82) is 0 Å². The highest BCUT2D eigenvalue weighted by molar-refractivity contribution is 5.74. The van der Waals surface area contributed by atoms with Crippen molar-refractivity contribution in [1.82, 2.24) is 4.90 Å². The highest BCUT2D eigenvalue weighted by atomic mass is 16.3. The summed E-state index contributed by atoms with van der Waals surface area (Å²) in [6.45, 7) is 1.17. The molecule has 2 aromatic rings. The van der Waals surface area contributed by atoms with Gasteiger partial charge in [0, 0.05) is 6.54 Å². The number of hydrogen-bond acceptors (Lipinski definition) is 2. The lowest BCUT2D eigenvalue weighted by molar-refractivity contribution is 0.282. The molecule has 0 aromatic heterocycles. The van der Waals surface area contributed by atoms with Gasteiger partial charge in [-0.3, -0.25) is 0 Å². The Balaban J connectivity index is 1.94. The molecule has 0 radical (unpaired) electrons. The standard InChI is InChI=1S/C23H27NO/c1-24(2)16-22-12-11-19(13-18-7-6-8-20(14-18)17-25)15-23(22)21-9-4-3-5-10-21/h3-10,13-15,22,25H,11-12,16-17H2,1-2H3/b19-13+. The molecular weight excluding hydrogens is 306 g/mol. The monoisotopic (exact) mass is 333 g/mol. The average Bonchev–Trinajstić information content (AvgIpc) is 2.63. The average molecular weight is 333 g/mol. The van der Waals surface area contributed by atoms with Crippen LogP contribution >= 0.6 is 0 Å². The van der Waals surface area contributed by atoms with Gasteiger partial charge in [-0.25, -0.2) is 0 Å². The van der Waals surface area contributed by atoms with Gasteiger partial charge in [0.15, 0.2) is 0 Å². The predicted octanol–water partition coefficient (Wildman–Crippen LogP) is 4.62. The fourth-order valence-corrected chi connectivity index (χ4v) is 3.58. The maximum Gasteiger partial charge on any atom is 0.0682 e. The largest absolute Gasteiger partial charge is 0.392 e. The first-order chi connectivity index (χ1) is 12.2. The Kier molecular flexibility index (Phi) is 5.85. The van der Waals surface area contributed by atoms with Crippen LogP contribution in [-0.2, 0) is 6.61 Å². The van der Waals surface area contributed by atoms with Crippen molar-refractivity contribution < 1.29 is 5.11 Å².